The molecule has 1 fully saturated rings. The maximum absolute atomic E-state index is 9.61. The van der Waals surface area contributed by atoms with E-state index in [1.165, 1.54) is 16.8 Å². The highest BCUT2D eigenvalue weighted by Gasteiger charge is 2.24. The second-order valence-electron chi connectivity index (χ2n) is 5.68. The molecule has 0 bridgehead atoms. The third-order valence-corrected chi connectivity index (χ3v) is 4.31. The van der Waals surface area contributed by atoms with Crippen LogP contribution < -0.4 is 9.64 Å². The summed E-state index contributed by atoms with van der Waals surface area (Å²) in [6.45, 7) is 4.21. The van der Waals surface area contributed by atoms with Gasteiger partial charge in [0.2, 0.25) is 0 Å². The number of aliphatic hydroxyl groups excluding tert-OH is 1. The molecule has 0 heterocycles. The van der Waals surface area contributed by atoms with E-state index in [-0.39, 0.29) is 6.10 Å². The number of ether oxygens (including phenoxy) is 1. The largest absolute Gasteiger partial charge is 0.496 e. The van der Waals surface area contributed by atoms with E-state index >= 15 is 0 Å². The van der Waals surface area contributed by atoms with Crippen LogP contribution in [0.25, 0.3) is 0 Å². The van der Waals surface area contributed by atoms with Gasteiger partial charge in [0.05, 0.1) is 13.2 Å². The third kappa shape index (κ3) is 3.03. The van der Waals surface area contributed by atoms with Crippen molar-refractivity contribution in [3.63, 3.8) is 0 Å². The number of methoxy groups -OCH3 is 1. The van der Waals surface area contributed by atoms with Crippen LogP contribution in [0.4, 0.5) is 5.69 Å². The van der Waals surface area contributed by atoms with Crippen LogP contribution in [0.1, 0.15) is 36.8 Å². The summed E-state index contributed by atoms with van der Waals surface area (Å²) in [5.41, 5.74) is 3.70. The van der Waals surface area contributed by atoms with Crippen molar-refractivity contribution < 1.29 is 9.84 Å². The lowest BCUT2D eigenvalue weighted by molar-refractivity contribution is 0.122. The maximum atomic E-state index is 9.61. The van der Waals surface area contributed by atoms with Crippen LogP contribution >= 0.6 is 0 Å². The maximum Gasteiger partial charge on any atom is 0.122 e. The van der Waals surface area contributed by atoms with Crippen molar-refractivity contribution in [1.29, 1.82) is 0 Å². The Morgan fingerprint density at radius 3 is 2.32 bits per heavy atom. The highest BCUT2D eigenvalue weighted by molar-refractivity contribution is 5.59. The third-order valence-electron chi connectivity index (χ3n) is 4.31. The Kier molecular flexibility index (Phi) is 4.35. The van der Waals surface area contributed by atoms with E-state index in [0.29, 0.717) is 6.04 Å². The molecular formula is C16H25NO2. The average molecular weight is 263 g/mol. The van der Waals surface area contributed by atoms with Crippen molar-refractivity contribution >= 4 is 5.69 Å². The molecule has 19 heavy (non-hydrogen) atoms. The normalized spacial score (nSPS) is 23.2. The van der Waals surface area contributed by atoms with Gasteiger partial charge in [-0.3, -0.25) is 0 Å². The van der Waals surface area contributed by atoms with Crippen molar-refractivity contribution in [3.8, 4) is 5.75 Å². The first-order chi connectivity index (χ1) is 9.02. The highest BCUT2D eigenvalue weighted by Crippen LogP contribution is 2.32. The van der Waals surface area contributed by atoms with Gasteiger partial charge in [-0.15, -0.1) is 0 Å². The number of benzene rings is 1. The van der Waals surface area contributed by atoms with E-state index in [2.05, 4.69) is 37.9 Å². The van der Waals surface area contributed by atoms with Gasteiger partial charge in [-0.05, 0) is 62.8 Å². The van der Waals surface area contributed by atoms with Gasteiger partial charge in [0.25, 0.3) is 0 Å². The predicted octanol–water partition coefficient (Wildman–Crippen LogP) is 3.05. The Morgan fingerprint density at radius 1 is 1.11 bits per heavy atom. The van der Waals surface area contributed by atoms with E-state index in [1.807, 2.05) is 0 Å². The Morgan fingerprint density at radius 2 is 1.74 bits per heavy atom. The molecule has 1 saturated carbocycles. The summed E-state index contributed by atoms with van der Waals surface area (Å²) in [5, 5.41) is 9.61. The minimum Gasteiger partial charge on any atom is -0.496 e. The summed E-state index contributed by atoms with van der Waals surface area (Å²) >= 11 is 0. The zero-order chi connectivity index (χ0) is 14.0. The second-order valence-corrected chi connectivity index (χ2v) is 5.68. The lowest BCUT2D eigenvalue weighted by Crippen LogP contribution is -2.36. The van der Waals surface area contributed by atoms with Gasteiger partial charge in [-0.25, -0.2) is 0 Å². The number of hydrogen-bond acceptors (Lipinski definition) is 3. The average Bonchev–Trinajstić information content (AvgIpc) is 2.41. The summed E-state index contributed by atoms with van der Waals surface area (Å²) in [7, 11) is 3.88. The van der Waals surface area contributed by atoms with E-state index in [4.69, 9.17) is 4.74 Å². The van der Waals surface area contributed by atoms with Crippen molar-refractivity contribution in [2.45, 2.75) is 51.7 Å². The summed E-state index contributed by atoms with van der Waals surface area (Å²) < 4.78 is 5.37. The fourth-order valence-corrected chi connectivity index (χ4v) is 3.02. The summed E-state index contributed by atoms with van der Waals surface area (Å²) in [6.07, 6.45) is 3.89. The molecule has 1 aromatic rings. The number of anilines is 1. The van der Waals surface area contributed by atoms with Gasteiger partial charge < -0.3 is 14.7 Å². The first-order valence-corrected chi connectivity index (χ1v) is 7.09. The van der Waals surface area contributed by atoms with E-state index in [1.54, 1.807) is 7.11 Å². The highest BCUT2D eigenvalue weighted by atomic mass is 16.5. The van der Waals surface area contributed by atoms with Gasteiger partial charge in [-0.2, -0.15) is 0 Å². The number of nitrogens with zero attached hydrogens (tertiary/aromatic N) is 1. The standard InChI is InChI=1S/C16H25NO2/c1-11-10-16(19-4)12(2)9-15(11)17(3)13-5-7-14(18)8-6-13/h9-10,13-14,18H,5-8H2,1-4H3. The fraction of sp³-hybridized carbons (Fsp3) is 0.625. The van der Waals surface area contributed by atoms with Gasteiger partial charge in [0.15, 0.2) is 0 Å². The molecular weight excluding hydrogens is 238 g/mol. The zero-order valence-electron chi connectivity index (χ0n) is 12.4. The lowest BCUT2D eigenvalue weighted by Gasteiger charge is -2.35. The lowest BCUT2D eigenvalue weighted by atomic mass is 9.91. The van der Waals surface area contributed by atoms with Crippen LogP contribution in [0.5, 0.6) is 5.75 Å². The molecule has 1 aliphatic rings. The van der Waals surface area contributed by atoms with Crippen molar-refractivity contribution in [1.82, 2.24) is 0 Å². The van der Waals surface area contributed by atoms with Crippen LogP contribution in [-0.2, 0) is 0 Å². The zero-order valence-corrected chi connectivity index (χ0v) is 12.4. The van der Waals surface area contributed by atoms with Crippen molar-refractivity contribution in [2.75, 3.05) is 19.1 Å². The van der Waals surface area contributed by atoms with Crippen LogP contribution in [0.3, 0.4) is 0 Å². The quantitative estimate of drug-likeness (QED) is 0.909. The Labute approximate surface area is 116 Å². The van der Waals surface area contributed by atoms with Gasteiger partial charge >= 0.3 is 0 Å². The van der Waals surface area contributed by atoms with Crippen LogP contribution in [-0.4, -0.2) is 31.4 Å². The van der Waals surface area contributed by atoms with E-state index < -0.39 is 0 Å². The Balaban J connectivity index is 2.19. The molecule has 106 valence electrons. The smallest absolute Gasteiger partial charge is 0.122 e. The van der Waals surface area contributed by atoms with E-state index in [9.17, 15) is 5.11 Å². The fourth-order valence-electron chi connectivity index (χ4n) is 3.02. The molecule has 0 atom stereocenters. The number of aliphatic hydroxyl groups is 1. The van der Waals surface area contributed by atoms with Crippen molar-refractivity contribution in [3.05, 3.63) is 23.3 Å². The first kappa shape index (κ1) is 14.2. The Bertz CT molecular complexity index is 437. The molecule has 0 saturated heterocycles. The van der Waals surface area contributed by atoms with Crippen LogP contribution in [0, 0.1) is 13.8 Å². The summed E-state index contributed by atoms with van der Waals surface area (Å²) in [5.74, 6) is 0.953. The number of rotatable bonds is 3. The summed E-state index contributed by atoms with van der Waals surface area (Å²) in [6, 6.07) is 4.85. The number of aryl methyl sites for hydroxylation is 2. The van der Waals surface area contributed by atoms with Gasteiger partial charge in [0, 0.05) is 18.8 Å². The topological polar surface area (TPSA) is 32.7 Å². The van der Waals surface area contributed by atoms with Crippen LogP contribution in [0.15, 0.2) is 12.1 Å². The predicted molar refractivity (Wildman–Crippen MR) is 79.1 cm³/mol. The van der Waals surface area contributed by atoms with Gasteiger partial charge in [0.1, 0.15) is 5.75 Å². The molecule has 1 N–H and O–H groups in total. The molecule has 0 aromatic heterocycles. The minimum atomic E-state index is -0.0941. The second kappa shape index (κ2) is 5.83. The number of hydrogen-bond donors (Lipinski definition) is 1. The molecule has 1 aromatic carbocycles. The molecule has 1 aliphatic carbocycles. The molecule has 3 nitrogen and oxygen atoms in total. The monoisotopic (exact) mass is 263 g/mol. The molecule has 3 heteroatoms. The molecule has 0 unspecified atom stereocenters. The molecule has 0 amide bonds. The molecule has 2 rings (SSSR count). The van der Waals surface area contributed by atoms with Crippen molar-refractivity contribution in [2.24, 2.45) is 0 Å². The molecule has 0 spiro atoms. The molecule has 0 aliphatic heterocycles. The SMILES string of the molecule is COc1cc(C)c(N(C)C2CCC(O)CC2)cc1C. The minimum absolute atomic E-state index is 0.0941. The molecule has 0 radical (unpaired) electrons. The van der Waals surface area contributed by atoms with Gasteiger partial charge in [-0.1, -0.05) is 0 Å². The summed E-state index contributed by atoms with van der Waals surface area (Å²) in [4.78, 5) is 2.37. The van der Waals surface area contributed by atoms with Crippen LogP contribution in [0.2, 0.25) is 0 Å². The first-order valence-electron chi connectivity index (χ1n) is 7.09. The van der Waals surface area contributed by atoms with E-state index in [0.717, 1.165) is 31.4 Å². The Hall–Kier alpha value is -1.22.